The fourth-order valence-electron chi connectivity index (χ4n) is 3.08. The third-order valence-electron chi connectivity index (χ3n) is 4.56. The Kier molecular flexibility index (Phi) is 5.85. The number of Topliss-reactive ketones (excluding diaryl/α,β-unsaturated/α-hetero) is 1. The van der Waals surface area contributed by atoms with E-state index < -0.39 is 31.2 Å². The highest BCUT2D eigenvalue weighted by atomic mass is 16.7. The van der Waals surface area contributed by atoms with Gasteiger partial charge in [0, 0.05) is 17.6 Å². The third-order valence-corrected chi connectivity index (χ3v) is 4.56. The summed E-state index contributed by atoms with van der Waals surface area (Å²) < 4.78 is 10.7. The van der Waals surface area contributed by atoms with Gasteiger partial charge in [0.2, 0.25) is 0 Å². The number of benzene rings is 1. The van der Waals surface area contributed by atoms with Crippen LogP contribution >= 0.6 is 0 Å². The zero-order chi connectivity index (χ0) is 18.7. The van der Waals surface area contributed by atoms with E-state index in [1.54, 1.807) is 36.4 Å². The molecule has 1 saturated heterocycles. The molecule has 0 saturated carbocycles. The minimum atomic E-state index is -1.25. The van der Waals surface area contributed by atoms with Crippen LogP contribution in [0.15, 0.2) is 36.4 Å². The van der Waals surface area contributed by atoms with E-state index in [2.05, 4.69) is 0 Å². The number of allylic oxidation sites excluding steroid dienone is 4. The van der Waals surface area contributed by atoms with E-state index in [9.17, 15) is 20.1 Å². The zero-order valence-corrected chi connectivity index (χ0v) is 14.1. The Balaban J connectivity index is 1.64. The van der Waals surface area contributed by atoms with Gasteiger partial charge in [-0.2, -0.15) is 0 Å². The van der Waals surface area contributed by atoms with Gasteiger partial charge >= 0.3 is 0 Å². The van der Waals surface area contributed by atoms with Crippen molar-refractivity contribution in [3.05, 3.63) is 47.6 Å². The maximum atomic E-state index is 12.0. The first-order chi connectivity index (χ1) is 12.5. The Labute approximate surface area is 150 Å². The molecule has 1 aliphatic heterocycles. The summed E-state index contributed by atoms with van der Waals surface area (Å²) in [4.78, 5) is 12.0. The van der Waals surface area contributed by atoms with Crippen molar-refractivity contribution in [2.24, 2.45) is 0 Å². The van der Waals surface area contributed by atoms with Gasteiger partial charge in [-0.05, 0) is 12.0 Å². The van der Waals surface area contributed by atoms with Crippen molar-refractivity contribution in [3.63, 3.8) is 0 Å². The molecule has 0 aromatic heterocycles. The van der Waals surface area contributed by atoms with Gasteiger partial charge in [0.1, 0.15) is 24.1 Å². The molecule has 4 atom stereocenters. The maximum Gasteiger partial charge on any atom is 0.186 e. The Bertz CT molecular complexity index is 725. The first kappa shape index (κ1) is 18.8. The number of hydrogen-bond donors (Lipinski definition) is 4. The molecule has 1 fully saturated rings. The lowest BCUT2D eigenvalue weighted by atomic mass is 9.93. The number of aromatic hydroxyl groups is 1. The van der Waals surface area contributed by atoms with Crippen LogP contribution in [0.3, 0.4) is 0 Å². The van der Waals surface area contributed by atoms with Gasteiger partial charge in [0.25, 0.3) is 0 Å². The van der Waals surface area contributed by atoms with Crippen LogP contribution in [0.1, 0.15) is 17.5 Å². The van der Waals surface area contributed by atoms with Crippen LogP contribution in [0, 0.1) is 0 Å². The second-order valence-electron chi connectivity index (χ2n) is 6.28. The number of aliphatic hydroxyl groups excluding tert-OH is 3. The Morgan fingerprint density at radius 1 is 1.23 bits per heavy atom. The summed E-state index contributed by atoms with van der Waals surface area (Å²) in [7, 11) is 0. The quantitative estimate of drug-likeness (QED) is 0.575. The second-order valence-corrected chi connectivity index (χ2v) is 6.28. The normalized spacial score (nSPS) is 28.4. The van der Waals surface area contributed by atoms with E-state index in [-0.39, 0.29) is 18.1 Å². The average molecular weight is 362 g/mol. The number of ketones is 1. The van der Waals surface area contributed by atoms with E-state index in [4.69, 9.17) is 14.6 Å². The van der Waals surface area contributed by atoms with Gasteiger partial charge < -0.3 is 29.9 Å². The molecule has 0 unspecified atom stereocenters. The van der Waals surface area contributed by atoms with Gasteiger partial charge in [-0.3, -0.25) is 4.79 Å². The van der Waals surface area contributed by atoms with E-state index in [1.165, 1.54) is 0 Å². The Morgan fingerprint density at radius 3 is 2.73 bits per heavy atom. The van der Waals surface area contributed by atoms with Crippen LogP contribution in [-0.2, 0) is 20.7 Å². The zero-order valence-electron chi connectivity index (χ0n) is 14.1. The maximum absolute atomic E-state index is 12.0. The number of phenols is 1. The highest BCUT2D eigenvalue weighted by Gasteiger charge is 2.42. The number of carbonyl (C=O) groups is 1. The number of hydrogen-bond acceptors (Lipinski definition) is 7. The Morgan fingerprint density at radius 2 is 2.04 bits per heavy atom. The molecule has 0 spiro atoms. The molecule has 1 aromatic carbocycles. The fourth-order valence-corrected chi connectivity index (χ4v) is 3.08. The molecule has 0 bridgehead atoms. The van der Waals surface area contributed by atoms with Gasteiger partial charge in [-0.1, -0.05) is 36.4 Å². The molecule has 1 aliphatic carbocycles. The number of para-hydroxylation sites is 1. The lowest BCUT2D eigenvalue weighted by molar-refractivity contribution is -0.168. The Hall–Kier alpha value is -2.03. The van der Waals surface area contributed by atoms with Crippen molar-refractivity contribution in [1.82, 2.24) is 0 Å². The largest absolute Gasteiger partial charge is 0.507 e. The lowest BCUT2D eigenvalue weighted by Gasteiger charge is -2.17. The highest BCUT2D eigenvalue weighted by Crippen LogP contribution is 2.32. The predicted molar refractivity (Wildman–Crippen MR) is 92.3 cm³/mol. The molecule has 4 N–H and O–H groups in total. The van der Waals surface area contributed by atoms with Crippen molar-refractivity contribution >= 4 is 11.4 Å². The molecular formula is C19H22O7. The summed E-state index contributed by atoms with van der Waals surface area (Å²) >= 11 is 0. The summed E-state index contributed by atoms with van der Waals surface area (Å²) in [6.07, 6.45) is 1.48. The number of carbonyl (C=O) groups excluding carboxylic acids is 1. The molecule has 1 aromatic rings. The van der Waals surface area contributed by atoms with Gasteiger partial charge in [-0.25, -0.2) is 0 Å². The van der Waals surface area contributed by atoms with Crippen LogP contribution in [0.2, 0.25) is 0 Å². The highest BCUT2D eigenvalue weighted by molar-refractivity contribution is 6.23. The number of phenolic OH excluding ortho intramolecular Hbond substituents is 1. The van der Waals surface area contributed by atoms with E-state index in [0.717, 1.165) is 0 Å². The minimum absolute atomic E-state index is 0.0205. The molecule has 0 radical (unpaired) electrons. The molecule has 26 heavy (non-hydrogen) atoms. The van der Waals surface area contributed by atoms with Gasteiger partial charge in [0.05, 0.1) is 13.2 Å². The summed E-state index contributed by atoms with van der Waals surface area (Å²) in [6.45, 7) is -0.297. The van der Waals surface area contributed by atoms with Crippen LogP contribution in [-0.4, -0.2) is 64.0 Å². The van der Waals surface area contributed by atoms with E-state index in [1.807, 2.05) is 0 Å². The standard InChI is InChI=1S/C19H22O7/c20-10-15-17(23)18(24)19(26-15)25-9-8-11-4-3-6-13(16(11)22)12-5-1-2-7-14(12)21/h1-6,15,17-20,22-24H,7-10H2/t15-,17+,18-,19-/m1/s1. The molecule has 7 heteroatoms. The van der Waals surface area contributed by atoms with Crippen molar-refractivity contribution in [1.29, 1.82) is 0 Å². The van der Waals surface area contributed by atoms with Crippen LogP contribution in [0.4, 0.5) is 0 Å². The van der Waals surface area contributed by atoms with Crippen LogP contribution in [0.5, 0.6) is 5.75 Å². The summed E-state index contributed by atoms with van der Waals surface area (Å²) in [6, 6.07) is 5.17. The molecule has 0 amide bonds. The summed E-state index contributed by atoms with van der Waals surface area (Å²) in [5.41, 5.74) is 1.54. The van der Waals surface area contributed by atoms with Gasteiger partial charge in [-0.15, -0.1) is 0 Å². The van der Waals surface area contributed by atoms with E-state index in [0.29, 0.717) is 29.5 Å². The van der Waals surface area contributed by atoms with Crippen molar-refractivity contribution in [3.8, 4) is 5.75 Å². The topological polar surface area (TPSA) is 116 Å². The van der Waals surface area contributed by atoms with Crippen molar-refractivity contribution in [2.75, 3.05) is 13.2 Å². The molecule has 1 heterocycles. The first-order valence-corrected chi connectivity index (χ1v) is 8.48. The molecule has 140 valence electrons. The minimum Gasteiger partial charge on any atom is -0.507 e. The molecule has 2 aliphatic rings. The summed E-state index contributed by atoms with van der Waals surface area (Å²) in [5.74, 6) is -0.0325. The smallest absolute Gasteiger partial charge is 0.186 e. The molecular weight excluding hydrogens is 340 g/mol. The number of rotatable bonds is 6. The average Bonchev–Trinajstić information content (AvgIpc) is 2.92. The second kappa shape index (κ2) is 8.11. The lowest BCUT2D eigenvalue weighted by Crippen LogP contribution is -2.34. The molecule has 3 rings (SSSR count). The van der Waals surface area contributed by atoms with Crippen molar-refractivity contribution in [2.45, 2.75) is 37.4 Å². The third kappa shape index (κ3) is 3.72. The first-order valence-electron chi connectivity index (χ1n) is 8.48. The van der Waals surface area contributed by atoms with Gasteiger partial charge in [0.15, 0.2) is 12.1 Å². The van der Waals surface area contributed by atoms with E-state index >= 15 is 0 Å². The summed E-state index contributed by atoms with van der Waals surface area (Å²) in [5, 5.41) is 39.1. The fraction of sp³-hybridized carbons (Fsp3) is 0.421. The number of aliphatic hydroxyl groups is 3. The van der Waals surface area contributed by atoms with Crippen LogP contribution < -0.4 is 0 Å². The monoisotopic (exact) mass is 362 g/mol. The molecule has 7 nitrogen and oxygen atoms in total. The predicted octanol–water partition coefficient (Wildman–Crippen LogP) is 0.303. The van der Waals surface area contributed by atoms with Crippen molar-refractivity contribution < 1.29 is 34.7 Å². The SMILES string of the molecule is O=C1CC=CC=C1c1cccc(CCO[C@@H]2O[C@H](CO)[C@H](O)[C@H]2O)c1O. The van der Waals surface area contributed by atoms with Crippen LogP contribution in [0.25, 0.3) is 5.57 Å². The number of ether oxygens (including phenoxy) is 2.